The zero-order valence-corrected chi connectivity index (χ0v) is 11.0. The number of thiophene rings is 2. The van der Waals surface area contributed by atoms with Gasteiger partial charge in [-0.15, -0.1) is 22.7 Å². The molecule has 0 saturated carbocycles. The molecular formula is C11H11NO3S2. The Kier molecular flexibility index (Phi) is 3.17. The van der Waals surface area contributed by atoms with Crippen molar-refractivity contribution in [2.24, 2.45) is 5.73 Å². The molecule has 0 aromatic carbocycles. The highest BCUT2D eigenvalue weighted by Crippen LogP contribution is 2.34. The molecule has 0 unspecified atom stereocenters. The number of hydrogen-bond donors (Lipinski definition) is 1. The minimum Gasteiger partial charge on any atom is -0.459 e. The molecule has 0 fully saturated rings. The van der Waals surface area contributed by atoms with E-state index in [0.717, 1.165) is 9.40 Å². The van der Waals surface area contributed by atoms with Crippen LogP contribution < -0.4 is 5.73 Å². The fraction of sp³-hybridized carbons (Fsp3) is 0.273. The van der Waals surface area contributed by atoms with Crippen LogP contribution >= 0.6 is 22.7 Å². The van der Waals surface area contributed by atoms with E-state index in [1.165, 1.54) is 22.7 Å². The third-order valence-electron chi connectivity index (χ3n) is 2.08. The molecule has 0 saturated heterocycles. The average molecular weight is 269 g/mol. The number of fused-ring (bicyclic) bond motifs is 1. The van der Waals surface area contributed by atoms with Crippen LogP contribution in [0.25, 0.3) is 9.40 Å². The smallest absolute Gasteiger partial charge is 0.339 e. The minimum absolute atomic E-state index is 0.160. The number of nitrogens with two attached hydrogens (primary N) is 1. The Morgan fingerprint density at radius 1 is 1.41 bits per heavy atom. The SMILES string of the molecule is CC(C)OC(=O)c1csc2sc(C(N)=O)cc12. The highest BCUT2D eigenvalue weighted by molar-refractivity contribution is 7.38. The van der Waals surface area contributed by atoms with Crippen molar-refractivity contribution >= 4 is 43.9 Å². The third kappa shape index (κ3) is 2.32. The van der Waals surface area contributed by atoms with Gasteiger partial charge in [0.15, 0.2) is 0 Å². The largest absolute Gasteiger partial charge is 0.459 e. The van der Waals surface area contributed by atoms with E-state index in [-0.39, 0.29) is 12.1 Å². The Morgan fingerprint density at radius 3 is 2.71 bits per heavy atom. The number of ether oxygens (including phenoxy) is 1. The molecule has 17 heavy (non-hydrogen) atoms. The summed E-state index contributed by atoms with van der Waals surface area (Å²) >= 11 is 2.72. The van der Waals surface area contributed by atoms with Gasteiger partial charge < -0.3 is 10.5 Å². The van der Waals surface area contributed by atoms with Gasteiger partial charge in [0.1, 0.15) is 0 Å². The normalized spacial score (nSPS) is 11.0. The second kappa shape index (κ2) is 4.46. The number of esters is 1. The van der Waals surface area contributed by atoms with E-state index in [2.05, 4.69) is 0 Å². The van der Waals surface area contributed by atoms with Gasteiger partial charge in [-0.3, -0.25) is 4.79 Å². The molecular weight excluding hydrogens is 258 g/mol. The Bertz CT molecular complexity index is 583. The minimum atomic E-state index is -0.471. The number of primary amides is 1. The Labute approximate surface area is 106 Å². The first kappa shape index (κ1) is 12.1. The number of carbonyl (C=O) groups excluding carboxylic acids is 2. The lowest BCUT2D eigenvalue weighted by Crippen LogP contribution is -2.11. The Morgan fingerprint density at radius 2 is 2.12 bits per heavy atom. The molecule has 0 bridgehead atoms. The van der Waals surface area contributed by atoms with Gasteiger partial charge in [0.2, 0.25) is 0 Å². The quantitative estimate of drug-likeness (QED) is 0.871. The number of amides is 1. The maximum Gasteiger partial charge on any atom is 0.339 e. The van der Waals surface area contributed by atoms with Crippen molar-refractivity contribution in [3.63, 3.8) is 0 Å². The topological polar surface area (TPSA) is 69.4 Å². The van der Waals surface area contributed by atoms with E-state index >= 15 is 0 Å². The summed E-state index contributed by atoms with van der Waals surface area (Å²) in [5.41, 5.74) is 5.71. The van der Waals surface area contributed by atoms with Gasteiger partial charge in [-0.05, 0) is 19.9 Å². The summed E-state index contributed by atoms with van der Waals surface area (Å²) in [6.45, 7) is 3.59. The van der Waals surface area contributed by atoms with E-state index in [4.69, 9.17) is 10.5 Å². The van der Waals surface area contributed by atoms with Crippen molar-refractivity contribution in [1.29, 1.82) is 0 Å². The van der Waals surface area contributed by atoms with Crippen LogP contribution in [0.15, 0.2) is 11.4 Å². The third-order valence-corrected chi connectivity index (χ3v) is 4.35. The Balaban J connectivity index is 2.41. The van der Waals surface area contributed by atoms with Crippen LogP contribution in [0.2, 0.25) is 0 Å². The molecule has 2 aromatic heterocycles. The predicted molar refractivity (Wildman–Crippen MR) is 68.8 cm³/mol. The van der Waals surface area contributed by atoms with E-state index in [9.17, 15) is 9.59 Å². The van der Waals surface area contributed by atoms with Crippen molar-refractivity contribution in [2.45, 2.75) is 20.0 Å². The first-order valence-electron chi connectivity index (χ1n) is 5.01. The summed E-state index contributed by atoms with van der Waals surface area (Å²) in [5, 5.41) is 2.50. The zero-order valence-electron chi connectivity index (χ0n) is 9.35. The molecule has 2 N–H and O–H groups in total. The van der Waals surface area contributed by atoms with Gasteiger partial charge in [-0.25, -0.2) is 4.79 Å². The maximum atomic E-state index is 11.8. The van der Waals surface area contributed by atoms with E-state index in [1.54, 1.807) is 25.3 Å². The zero-order chi connectivity index (χ0) is 12.6. The molecule has 1 amide bonds. The molecule has 0 aliphatic heterocycles. The fourth-order valence-electron chi connectivity index (χ4n) is 1.38. The number of rotatable bonds is 3. The molecule has 0 aliphatic rings. The lowest BCUT2D eigenvalue weighted by molar-refractivity contribution is 0.0380. The van der Waals surface area contributed by atoms with E-state index < -0.39 is 5.91 Å². The van der Waals surface area contributed by atoms with Crippen LogP contribution in [-0.2, 0) is 4.74 Å². The summed E-state index contributed by atoms with van der Waals surface area (Å²) < 4.78 is 6.04. The summed E-state index contributed by atoms with van der Waals surface area (Å²) in [7, 11) is 0. The molecule has 2 heterocycles. The van der Waals surface area contributed by atoms with Crippen LogP contribution in [-0.4, -0.2) is 18.0 Å². The van der Waals surface area contributed by atoms with Crippen LogP contribution in [0, 0.1) is 0 Å². The fourth-order valence-corrected chi connectivity index (χ4v) is 3.49. The predicted octanol–water partition coefficient (Wildman–Crippen LogP) is 2.63. The molecule has 0 atom stereocenters. The lowest BCUT2D eigenvalue weighted by atomic mass is 10.2. The van der Waals surface area contributed by atoms with Gasteiger partial charge in [-0.1, -0.05) is 0 Å². The second-order valence-corrected chi connectivity index (χ2v) is 5.97. The summed E-state index contributed by atoms with van der Waals surface area (Å²) in [6, 6.07) is 1.65. The number of carbonyl (C=O) groups is 2. The molecule has 2 rings (SSSR count). The Hall–Kier alpha value is -1.40. The molecule has 0 aliphatic carbocycles. The molecule has 0 spiro atoms. The van der Waals surface area contributed by atoms with Crippen molar-refractivity contribution < 1.29 is 14.3 Å². The van der Waals surface area contributed by atoms with Gasteiger partial charge in [0.05, 0.1) is 20.6 Å². The van der Waals surface area contributed by atoms with Crippen molar-refractivity contribution in [1.82, 2.24) is 0 Å². The van der Waals surface area contributed by atoms with Gasteiger partial charge in [0.25, 0.3) is 5.91 Å². The van der Waals surface area contributed by atoms with Crippen LogP contribution in [0.4, 0.5) is 0 Å². The number of hydrogen-bond acceptors (Lipinski definition) is 5. The van der Waals surface area contributed by atoms with Crippen LogP contribution in [0.1, 0.15) is 33.9 Å². The average Bonchev–Trinajstić information content (AvgIpc) is 2.73. The summed E-state index contributed by atoms with van der Waals surface area (Å²) in [6.07, 6.45) is -0.160. The molecule has 0 radical (unpaired) electrons. The van der Waals surface area contributed by atoms with Gasteiger partial charge in [0, 0.05) is 10.8 Å². The van der Waals surface area contributed by atoms with Gasteiger partial charge >= 0.3 is 5.97 Å². The first-order chi connectivity index (χ1) is 7.99. The van der Waals surface area contributed by atoms with Crippen molar-refractivity contribution in [3.8, 4) is 0 Å². The monoisotopic (exact) mass is 269 g/mol. The first-order valence-corrected chi connectivity index (χ1v) is 6.70. The molecule has 4 nitrogen and oxygen atoms in total. The second-order valence-electron chi connectivity index (χ2n) is 3.78. The van der Waals surface area contributed by atoms with Gasteiger partial charge in [-0.2, -0.15) is 0 Å². The van der Waals surface area contributed by atoms with E-state index in [0.29, 0.717) is 10.4 Å². The summed E-state index contributed by atoms with van der Waals surface area (Å²) in [4.78, 5) is 23.3. The standard InChI is InChI=1S/C11H11NO3S2/c1-5(2)15-10(14)7-4-16-11-6(7)3-8(17-11)9(12)13/h3-5H,1-2H3,(H2,12,13). The van der Waals surface area contributed by atoms with E-state index in [1.807, 2.05) is 0 Å². The van der Waals surface area contributed by atoms with Crippen LogP contribution in [0.3, 0.4) is 0 Å². The lowest BCUT2D eigenvalue weighted by Gasteiger charge is -2.06. The van der Waals surface area contributed by atoms with Crippen LogP contribution in [0.5, 0.6) is 0 Å². The highest BCUT2D eigenvalue weighted by Gasteiger charge is 2.18. The van der Waals surface area contributed by atoms with Crippen molar-refractivity contribution in [2.75, 3.05) is 0 Å². The molecule has 6 heteroatoms. The van der Waals surface area contributed by atoms with Crippen molar-refractivity contribution in [3.05, 3.63) is 21.9 Å². The summed E-state index contributed by atoms with van der Waals surface area (Å²) in [5.74, 6) is -0.832. The maximum absolute atomic E-state index is 11.8. The molecule has 90 valence electrons. The molecule has 2 aromatic rings. The highest BCUT2D eigenvalue weighted by atomic mass is 32.2.